The summed E-state index contributed by atoms with van der Waals surface area (Å²) in [4.78, 5) is 11.4. The molecule has 92 valence electrons. The Morgan fingerprint density at radius 1 is 1.11 bits per heavy atom. The summed E-state index contributed by atoms with van der Waals surface area (Å²) in [5, 5.41) is 0. The van der Waals surface area contributed by atoms with E-state index in [1.165, 1.54) is 0 Å². The zero-order chi connectivity index (χ0) is 13.1. The quantitative estimate of drug-likeness (QED) is 0.761. The van der Waals surface area contributed by atoms with Crippen LogP contribution >= 0.6 is 0 Å². The van der Waals surface area contributed by atoms with E-state index in [9.17, 15) is 4.79 Å². The van der Waals surface area contributed by atoms with Gasteiger partial charge in [-0.3, -0.25) is 4.79 Å². The van der Waals surface area contributed by atoms with Gasteiger partial charge in [-0.05, 0) is 31.0 Å². The normalized spacial score (nSPS) is 10.2. The molecular weight excluding hydrogens is 224 g/mol. The largest absolute Gasteiger partial charge is 0.496 e. The number of carbonyl (C=O) groups excluding carboxylic acids is 1. The van der Waals surface area contributed by atoms with Crippen molar-refractivity contribution < 1.29 is 9.53 Å². The highest BCUT2D eigenvalue weighted by molar-refractivity contribution is 5.96. The summed E-state index contributed by atoms with van der Waals surface area (Å²) >= 11 is 0. The minimum absolute atomic E-state index is 0.0964. The highest BCUT2D eigenvalue weighted by Crippen LogP contribution is 2.30. The molecule has 0 aliphatic rings. The fraction of sp³-hybridized carbons (Fsp3) is 0.188. The Balaban J connectivity index is 2.52. The molecule has 0 bridgehead atoms. The predicted octanol–water partition coefficient (Wildman–Crippen LogP) is 3.87. The van der Waals surface area contributed by atoms with Crippen LogP contribution < -0.4 is 4.74 Å². The summed E-state index contributed by atoms with van der Waals surface area (Å²) < 4.78 is 5.35. The van der Waals surface area contributed by atoms with Gasteiger partial charge in [0.25, 0.3) is 0 Å². The first-order valence-corrected chi connectivity index (χ1v) is 5.88. The minimum atomic E-state index is 0.0964. The molecule has 0 aliphatic heterocycles. The number of benzene rings is 2. The van der Waals surface area contributed by atoms with E-state index in [1.54, 1.807) is 14.0 Å². The molecule has 0 aromatic heterocycles. The third-order valence-electron chi connectivity index (χ3n) is 3.02. The molecule has 2 aromatic carbocycles. The molecule has 18 heavy (non-hydrogen) atoms. The van der Waals surface area contributed by atoms with Crippen molar-refractivity contribution in [2.45, 2.75) is 13.8 Å². The molecule has 2 heteroatoms. The molecule has 0 radical (unpaired) electrons. The van der Waals surface area contributed by atoms with E-state index >= 15 is 0 Å². The number of Topliss-reactive ketones (excluding diaryl/α,β-unsaturated/α-hetero) is 1. The molecule has 0 saturated carbocycles. The summed E-state index contributed by atoms with van der Waals surface area (Å²) in [6, 6.07) is 13.7. The Hall–Kier alpha value is -2.09. The van der Waals surface area contributed by atoms with Crippen molar-refractivity contribution in [3.63, 3.8) is 0 Å². The van der Waals surface area contributed by atoms with Gasteiger partial charge < -0.3 is 4.74 Å². The van der Waals surface area contributed by atoms with Gasteiger partial charge in [-0.25, -0.2) is 0 Å². The Labute approximate surface area is 107 Å². The summed E-state index contributed by atoms with van der Waals surface area (Å²) in [5.41, 5.74) is 3.87. The van der Waals surface area contributed by atoms with Crippen LogP contribution in [0.15, 0.2) is 42.5 Å². The number of ketones is 1. The maximum absolute atomic E-state index is 11.4. The lowest BCUT2D eigenvalue weighted by atomic mass is 9.98. The summed E-state index contributed by atoms with van der Waals surface area (Å²) in [7, 11) is 1.66. The van der Waals surface area contributed by atoms with Crippen molar-refractivity contribution in [2.75, 3.05) is 7.11 Å². The second kappa shape index (κ2) is 5.05. The van der Waals surface area contributed by atoms with Crippen molar-refractivity contribution in [3.05, 3.63) is 53.6 Å². The maximum Gasteiger partial charge on any atom is 0.160 e. The van der Waals surface area contributed by atoms with E-state index in [0.717, 1.165) is 28.0 Å². The average Bonchev–Trinajstić information content (AvgIpc) is 2.38. The first-order chi connectivity index (χ1) is 8.63. The molecule has 2 aromatic rings. The van der Waals surface area contributed by atoms with Gasteiger partial charge in [0, 0.05) is 11.1 Å². The molecule has 0 unspecified atom stereocenters. The Kier molecular flexibility index (Phi) is 3.47. The van der Waals surface area contributed by atoms with E-state index in [1.807, 2.05) is 49.4 Å². The number of hydrogen-bond acceptors (Lipinski definition) is 2. The minimum Gasteiger partial charge on any atom is -0.496 e. The SMILES string of the molecule is COc1ccccc1-c1ccc(C(C)=O)c(C)c1. The fourth-order valence-electron chi connectivity index (χ4n) is 2.11. The second-order valence-electron chi connectivity index (χ2n) is 4.29. The average molecular weight is 240 g/mol. The lowest BCUT2D eigenvalue weighted by Crippen LogP contribution is -1.96. The molecule has 2 rings (SSSR count). The Bertz CT molecular complexity index is 585. The van der Waals surface area contributed by atoms with Gasteiger partial charge in [0.05, 0.1) is 7.11 Å². The lowest BCUT2D eigenvalue weighted by molar-refractivity contribution is 0.101. The standard InChI is InChI=1S/C16H16O2/c1-11-10-13(8-9-14(11)12(2)17)15-6-4-5-7-16(15)18-3/h4-10H,1-3H3. The summed E-state index contributed by atoms with van der Waals surface area (Å²) in [5.74, 6) is 0.937. The van der Waals surface area contributed by atoms with Crippen LogP contribution in [0.2, 0.25) is 0 Å². The van der Waals surface area contributed by atoms with Crippen LogP contribution in [0, 0.1) is 6.92 Å². The zero-order valence-electron chi connectivity index (χ0n) is 10.9. The smallest absolute Gasteiger partial charge is 0.160 e. The number of aryl methyl sites for hydroxylation is 1. The van der Waals surface area contributed by atoms with Crippen molar-refractivity contribution in [1.29, 1.82) is 0 Å². The molecule has 0 saturated heterocycles. The van der Waals surface area contributed by atoms with Gasteiger partial charge in [0.15, 0.2) is 5.78 Å². The van der Waals surface area contributed by atoms with Crippen LogP contribution in [-0.2, 0) is 0 Å². The van der Waals surface area contributed by atoms with Crippen LogP contribution in [0.4, 0.5) is 0 Å². The number of ether oxygens (including phenoxy) is 1. The molecule has 0 N–H and O–H groups in total. The van der Waals surface area contributed by atoms with Gasteiger partial charge in [-0.15, -0.1) is 0 Å². The number of hydrogen-bond donors (Lipinski definition) is 0. The molecule has 0 heterocycles. The van der Waals surface area contributed by atoms with Gasteiger partial charge >= 0.3 is 0 Å². The monoisotopic (exact) mass is 240 g/mol. The molecule has 0 spiro atoms. The van der Waals surface area contributed by atoms with Gasteiger partial charge in [0.1, 0.15) is 5.75 Å². The van der Waals surface area contributed by atoms with Gasteiger partial charge in [-0.2, -0.15) is 0 Å². The van der Waals surface area contributed by atoms with Crippen LogP contribution in [-0.4, -0.2) is 12.9 Å². The number of methoxy groups -OCH3 is 1. The first-order valence-electron chi connectivity index (χ1n) is 5.88. The van der Waals surface area contributed by atoms with Crippen LogP contribution in [0.25, 0.3) is 11.1 Å². The molecule has 2 nitrogen and oxygen atoms in total. The van der Waals surface area contributed by atoms with Crippen molar-refractivity contribution >= 4 is 5.78 Å². The van der Waals surface area contributed by atoms with Crippen LogP contribution in [0.5, 0.6) is 5.75 Å². The highest BCUT2D eigenvalue weighted by Gasteiger charge is 2.08. The predicted molar refractivity (Wildman–Crippen MR) is 73.2 cm³/mol. The topological polar surface area (TPSA) is 26.3 Å². The Morgan fingerprint density at radius 3 is 2.44 bits per heavy atom. The maximum atomic E-state index is 11.4. The third-order valence-corrected chi connectivity index (χ3v) is 3.02. The van der Waals surface area contributed by atoms with Crippen LogP contribution in [0.1, 0.15) is 22.8 Å². The number of para-hydroxylation sites is 1. The summed E-state index contributed by atoms with van der Waals surface area (Å²) in [6.45, 7) is 3.54. The molecule has 0 fully saturated rings. The summed E-state index contributed by atoms with van der Waals surface area (Å²) in [6.07, 6.45) is 0. The van der Waals surface area contributed by atoms with Crippen LogP contribution in [0.3, 0.4) is 0 Å². The van der Waals surface area contributed by atoms with E-state index < -0.39 is 0 Å². The zero-order valence-corrected chi connectivity index (χ0v) is 10.9. The first kappa shape index (κ1) is 12.4. The number of rotatable bonds is 3. The van der Waals surface area contributed by atoms with E-state index in [-0.39, 0.29) is 5.78 Å². The van der Waals surface area contributed by atoms with E-state index in [2.05, 4.69) is 0 Å². The van der Waals surface area contributed by atoms with Gasteiger partial charge in [0.2, 0.25) is 0 Å². The van der Waals surface area contributed by atoms with E-state index in [0.29, 0.717) is 0 Å². The molecule has 0 amide bonds. The van der Waals surface area contributed by atoms with Crippen molar-refractivity contribution in [3.8, 4) is 16.9 Å². The van der Waals surface area contributed by atoms with Crippen molar-refractivity contribution in [2.24, 2.45) is 0 Å². The van der Waals surface area contributed by atoms with E-state index in [4.69, 9.17) is 4.74 Å². The molecule has 0 aliphatic carbocycles. The van der Waals surface area contributed by atoms with Crippen molar-refractivity contribution in [1.82, 2.24) is 0 Å². The number of carbonyl (C=O) groups is 1. The fourth-order valence-corrected chi connectivity index (χ4v) is 2.11. The molecule has 0 atom stereocenters. The lowest BCUT2D eigenvalue weighted by Gasteiger charge is -2.10. The second-order valence-corrected chi connectivity index (χ2v) is 4.29. The third kappa shape index (κ3) is 2.28. The molecular formula is C16H16O2. The van der Waals surface area contributed by atoms with Gasteiger partial charge in [-0.1, -0.05) is 36.4 Å². The Morgan fingerprint density at radius 2 is 1.83 bits per heavy atom. The highest BCUT2D eigenvalue weighted by atomic mass is 16.5.